The highest BCUT2D eigenvalue weighted by molar-refractivity contribution is 5.98. The minimum atomic E-state index is 0.165. The van der Waals surface area contributed by atoms with Crippen molar-refractivity contribution in [3.63, 3.8) is 0 Å². The number of benzene rings is 1. The van der Waals surface area contributed by atoms with Crippen LogP contribution in [0.5, 0.6) is 0 Å². The lowest BCUT2D eigenvalue weighted by Crippen LogP contribution is -2.52. The van der Waals surface area contributed by atoms with Crippen LogP contribution in [0.3, 0.4) is 0 Å². The predicted molar refractivity (Wildman–Crippen MR) is 103 cm³/mol. The molecule has 4 heteroatoms. The van der Waals surface area contributed by atoms with Gasteiger partial charge in [0.1, 0.15) is 0 Å². The lowest BCUT2D eigenvalue weighted by molar-refractivity contribution is -0.118. The van der Waals surface area contributed by atoms with Crippen LogP contribution in [0.15, 0.2) is 18.2 Å². The fourth-order valence-electron chi connectivity index (χ4n) is 5.32. The van der Waals surface area contributed by atoms with Crippen LogP contribution in [0, 0.1) is 11.8 Å². The largest absolute Gasteiger partial charge is 0.335 e. The molecule has 0 bridgehead atoms. The number of carbonyl (C=O) groups excluding carboxylic acids is 2. The molecule has 0 aromatic heterocycles. The van der Waals surface area contributed by atoms with Gasteiger partial charge in [-0.05, 0) is 61.3 Å². The number of hydrogen-bond acceptors (Lipinski definition) is 2. The Balaban J connectivity index is 1.56. The van der Waals surface area contributed by atoms with Gasteiger partial charge in [0.2, 0.25) is 5.91 Å². The molecule has 0 radical (unpaired) electrons. The molecule has 3 atom stereocenters. The summed E-state index contributed by atoms with van der Waals surface area (Å²) in [5, 5.41) is 0. The smallest absolute Gasteiger partial charge is 0.254 e. The van der Waals surface area contributed by atoms with Crippen molar-refractivity contribution >= 4 is 17.5 Å². The van der Waals surface area contributed by atoms with Gasteiger partial charge in [-0.15, -0.1) is 0 Å². The quantitative estimate of drug-likeness (QED) is 0.805. The van der Waals surface area contributed by atoms with Gasteiger partial charge in [0.25, 0.3) is 5.91 Å². The third-order valence-electron chi connectivity index (χ3n) is 6.82. The SMILES string of the molecule is CCC(=O)N1CCc2cc(C(=O)N3CCC(C)C4CCCCC43)ccc21. The lowest BCUT2D eigenvalue weighted by Gasteiger charge is -2.47. The zero-order valence-electron chi connectivity index (χ0n) is 16.0. The van der Waals surface area contributed by atoms with Gasteiger partial charge in [-0.1, -0.05) is 26.7 Å². The van der Waals surface area contributed by atoms with E-state index >= 15 is 0 Å². The molecule has 2 heterocycles. The van der Waals surface area contributed by atoms with E-state index in [0.717, 1.165) is 55.1 Å². The Morgan fingerprint density at radius 3 is 2.73 bits per heavy atom. The molecule has 140 valence electrons. The summed E-state index contributed by atoms with van der Waals surface area (Å²) in [5.41, 5.74) is 2.94. The Morgan fingerprint density at radius 1 is 1.12 bits per heavy atom. The highest BCUT2D eigenvalue weighted by Crippen LogP contribution is 2.39. The first-order valence-corrected chi connectivity index (χ1v) is 10.3. The van der Waals surface area contributed by atoms with E-state index in [9.17, 15) is 9.59 Å². The van der Waals surface area contributed by atoms with Gasteiger partial charge >= 0.3 is 0 Å². The average Bonchev–Trinajstić information content (AvgIpc) is 3.10. The summed E-state index contributed by atoms with van der Waals surface area (Å²) in [7, 11) is 0. The van der Waals surface area contributed by atoms with Crippen molar-refractivity contribution in [2.45, 2.75) is 64.8 Å². The topological polar surface area (TPSA) is 40.6 Å². The van der Waals surface area contributed by atoms with Gasteiger partial charge in [-0.25, -0.2) is 0 Å². The summed E-state index contributed by atoms with van der Waals surface area (Å²) < 4.78 is 0. The maximum atomic E-state index is 13.3. The van der Waals surface area contributed by atoms with Gasteiger partial charge in [0, 0.05) is 36.8 Å². The minimum absolute atomic E-state index is 0.165. The molecule has 4 nitrogen and oxygen atoms in total. The van der Waals surface area contributed by atoms with E-state index in [4.69, 9.17) is 0 Å². The van der Waals surface area contributed by atoms with Crippen molar-refractivity contribution < 1.29 is 9.59 Å². The van der Waals surface area contributed by atoms with Crippen molar-refractivity contribution in [3.8, 4) is 0 Å². The molecule has 1 saturated heterocycles. The van der Waals surface area contributed by atoms with Gasteiger partial charge in [-0.3, -0.25) is 9.59 Å². The first kappa shape index (κ1) is 17.6. The second-order valence-electron chi connectivity index (χ2n) is 8.27. The molecule has 26 heavy (non-hydrogen) atoms. The summed E-state index contributed by atoms with van der Waals surface area (Å²) in [6.45, 7) is 5.89. The highest BCUT2D eigenvalue weighted by atomic mass is 16.2. The Morgan fingerprint density at radius 2 is 1.92 bits per heavy atom. The van der Waals surface area contributed by atoms with Crippen molar-refractivity contribution in [1.82, 2.24) is 4.90 Å². The summed E-state index contributed by atoms with van der Waals surface area (Å²) in [6, 6.07) is 6.37. The molecule has 0 N–H and O–H groups in total. The van der Waals surface area contributed by atoms with E-state index in [1.165, 1.54) is 19.3 Å². The van der Waals surface area contributed by atoms with Crippen LogP contribution < -0.4 is 4.90 Å². The molecule has 3 unspecified atom stereocenters. The Labute approximate surface area is 156 Å². The van der Waals surface area contributed by atoms with Crippen molar-refractivity contribution in [1.29, 1.82) is 0 Å². The second kappa shape index (κ2) is 7.05. The van der Waals surface area contributed by atoms with Crippen LogP contribution in [0.2, 0.25) is 0 Å². The van der Waals surface area contributed by atoms with Crippen molar-refractivity contribution in [3.05, 3.63) is 29.3 Å². The van der Waals surface area contributed by atoms with Crippen LogP contribution in [-0.2, 0) is 11.2 Å². The zero-order chi connectivity index (χ0) is 18.3. The Kier molecular flexibility index (Phi) is 4.76. The molecule has 4 rings (SSSR count). The molecule has 2 amide bonds. The number of rotatable bonds is 2. The van der Waals surface area contributed by atoms with E-state index < -0.39 is 0 Å². The van der Waals surface area contributed by atoms with Crippen molar-refractivity contribution in [2.75, 3.05) is 18.0 Å². The number of carbonyl (C=O) groups is 2. The van der Waals surface area contributed by atoms with Crippen LogP contribution in [0.1, 0.15) is 68.3 Å². The molecule has 2 aliphatic heterocycles. The monoisotopic (exact) mass is 354 g/mol. The standard InChI is InChI=1S/C22H30N2O2/c1-3-21(25)23-13-11-16-14-17(8-9-19(16)23)22(26)24-12-10-15(2)18-6-4-5-7-20(18)24/h8-9,14-15,18,20H,3-7,10-13H2,1-2H3. The average molecular weight is 354 g/mol. The van der Waals surface area contributed by atoms with Crippen LogP contribution in [0.4, 0.5) is 5.69 Å². The lowest BCUT2D eigenvalue weighted by atomic mass is 9.72. The summed E-state index contributed by atoms with van der Waals surface area (Å²) in [5.74, 6) is 1.77. The fraction of sp³-hybridized carbons (Fsp3) is 0.636. The molecule has 1 saturated carbocycles. The molecule has 3 aliphatic rings. The molecule has 1 aromatic carbocycles. The maximum Gasteiger partial charge on any atom is 0.254 e. The van der Waals surface area contributed by atoms with Gasteiger partial charge in [0.05, 0.1) is 0 Å². The number of fused-ring (bicyclic) bond motifs is 2. The predicted octanol–water partition coefficient (Wildman–Crippen LogP) is 4.03. The number of hydrogen-bond donors (Lipinski definition) is 0. The number of nitrogens with zero attached hydrogens (tertiary/aromatic N) is 2. The van der Waals surface area contributed by atoms with Gasteiger partial charge in [0.15, 0.2) is 0 Å². The third-order valence-corrected chi connectivity index (χ3v) is 6.82. The normalized spacial score (nSPS) is 27.8. The molecular formula is C22H30N2O2. The zero-order valence-corrected chi connectivity index (χ0v) is 16.0. The van der Waals surface area contributed by atoms with E-state index in [2.05, 4.69) is 11.8 Å². The molecular weight excluding hydrogens is 324 g/mol. The molecule has 2 fully saturated rings. The molecule has 1 aromatic rings. The van der Waals surface area contributed by atoms with Crippen LogP contribution in [-0.4, -0.2) is 35.8 Å². The van der Waals surface area contributed by atoms with E-state index in [0.29, 0.717) is 18.4 Å². The fourth-order valence-corrected chi connectivity index (χ4v) is 5.32. The first-order valence-electron chi connectivity index (χ1n) is 10.3. The van der Waals surface area contributed by atoms with Gasteiger partial charge in [-0.2, -0.15) is 0 Å². The molecule has 1 aliphatic carbocycles. The highest BCUT2D eigenvalue weighted by Gasteiger charge is 2.39. The van der Waals surface area contributed by atoms with E-state index in [1.807, 2.05) is 30.0 Å². The Bertz CT molecular complexity index is 714. The molecule has 0 spiro atoms. The van der Waals surface area contributed by atoms with Crippen LogP contribution in [0.25, 0.3) is 0 Å². The van der Waals surface area contributed by atoms with Crippen molar-refractivity contribution in [2.24, 2.45) is 11.8 Å². The summed E-state index contributed by atoms with van der Waals surface area (Å²) in [4.78, 5) is 29.4. The number of amides is 2. The number of piperidine rings is 1. The number of likely N-dealkylation sites (tertiary alicyclic amines) is 1. The summed E-state index contributed by atoms with van der Waals surface area (Å²) >= 11 is 0. The van der Waals surface area contributed by atoms with Crippen LogP contribution >= 0.6 is 0 Å². The van der Waals surface area contributed by atoms with Gasteiger partial charge < -0.3 is 9.80 Å². The number of anilines is 1. The minimum Gasteiger partial charge on any atom is -0.335 e. The Hall–Kier alpha value is -1.84. The summed E-state index contributed by atoms with van der Waals surface area (Å²) in [6.07, 6.45) is 7.49. The maximum absolute atomic E-state index is 13.3. The third kappa shape index (κ3) is 2.93. The second-order valence-corrected chi connectivity index (χ2v) is 8.27. The van der Waals surface area contributed by atoms with E-state index in [-0.39, 0.29) is 11.8 Å². The van der Waals surface area contributed by atoms with E-state index in [1.54, 1.807) is 0 Å². The first-order chi connectivity index (χ1) is 12.6.